The van der Waals surface area contributed by atoms with Gasteiger partial charge < -0.3 is 10.2 Å². The average molecular weight is 351 g/mol. The van der Waals surface area contributed by atoms with Crippen LogP contribution in [0.3, 0.4) is 0 Å². The van der Waals surface area contributed by atoms with E-state index >= 15 is 0 Å². The molecule has 0 aromatic heterocycles. The monoisotopic (exact) mass is 351 g/mol. The van der Waals surface area contributed by atoms with Gasteiger partial charge in [-0.05, 0) is 18.1 Å². The normalized spacial score (nSPS) is 19.4. The van der Waals surface area contributed by atoms with Crippen molar-refractivity contribution in [1.29, 1.82) is 0 Å². The lowest BCUT2D eigenvalue weighted by Gasteiger charge is -2.23. The first-order valence-electron chi connectivity index (χ1n) is 8.39. The van der Waals surface area contributed by atoms with Gasteiger partial charge in [-0.1, -0.05) is 60.7 Å². The first kappa shape index (κ1) is 17.7. The Morgan fingerprint density at radius 2 is 1.62 bits per heavy atom. The summed E-state index contributed by atoms with van der Waals surface area (Å²) in [4.78, 5) is 40.1. The number of hydrogen-bond donors (Lipinski definition) is 1. The van der Waals surface area contributed by atoms with Gasteiger partial charge >= 0.3 is 6.03 Å². The number of nitrogens with one attached hydrogen (secondary N) is 1. The average Bonchev–Trinajstić information content (AvgIpc) is 2.87. The molecule has 0 radical (unpaired) electrons. The van der Waals surface area contributed by atoms with Gasteiger partial charge in [-0.2, -0.15) is 0 Å². The van der Waals surface area contributed by atoms with Crippen molar-refractivity contribution >= 4 is 17.8 Å². The number of carbonyl (C=O) groups is 3. The molecule has 26 heavy (non-hydrogen) atoms. The second kappa shape index (κ2) is 7.00. The summed E-state index contributed by atoms with van der Waals surface area (Å²) in [5.74, 6) is -0.718. The lowest BCUT2D eigenvalue weighted by Crippen LogP contribution is -2.43. The van der Waals surface area contributed by atoms with Crippen LogP contribution >= 0.6 is 0 Å². The highest BCUT2D eigenvalue weighted by atomic mass is 16.2. The fourth-order valence-electron chi connectivity index (χ4n) is 3.01. The van der Waals surface area contributed by atoms with Gasteiger partial charge in [0.2, 0.25) is 5.91 Å². The van der Waals surface area contributed by atoms with Crippen molar-refractivity contribution in [2.45, 2.75) is 19.0 Å². The van der Waals surface area contributed by atoms with Crippen molar-refractivity contribution in [1.82, 2.24) is 15.1 Å². The van der Waals surface area contributed by atoms with E-state index in [1.54, 1.807) is 26.1 Å². The number of carbonyl (C=O) groups excluding carboxylic acids is 3. The van der Waals surface area contributed by atoms with E-state index < -0.39 is 17.5 Å². The molecular formula is C20H21N3O3. The number of urea groups is 1. The van der Waals surface area contributed by atoms with Crippen molar-refractivity contribution in [3.63, 3.8) is 0 Å². The Labute approximate surface area is 152 Å². The predicted molar refractivity (Wildman–Crippen MR) is 97.0 cm³/mol. The maximum Gasteiger partial charge on any atom is 0.325 e. The van der Waals surface area contributed by atoms with Crippen LogP contribution < -0.4 is 5.32 Å². The van der Waals surface area contributed by atoms with Gasteiger partial charge in [-0.3, -0.25) is 14.5 Å². The van der Waals surface area contributed by atoms with Crippen LogP contribution in [0.2, 0.25) is 0 Å². The summed E-state index contributed by atoms with van der Waals surface area (Å²) in [6.45, 7) is 1.79. The van der Waals surface area contributed by atoms with Crippen LogP contribution in [0, 0.1) is 0 Å². The zero-order valence-electron chi connectivity index (χ0n) is 14.8. The fourth-order valence-corrected chi connectivity index (χ4v) is 3.01. The molecule has 1 atom stereocenters. The maximum absolute atomic E-state index is 12.8. The smallest absolute Gasteiger partial charge is 0.325 e. The Hall–Kier alpha value is -3.15. The van der Waals surface area contributed by atoms with Gasteiger partial charge in [-0.25, -0.2) is 4.79 Å². The summed E-state index contributed by atoms with van der Waals surface area (Å²) < 4.78 is 0. The van der Waals surface area contributed by atoms with Crippen LogP contribution in [0.1, 0.15) is 18.1 Å². The molecule has 6 heteroatoms. The quantitative estimate of drug-likeness (QED) is 0.839. The fraction of sp³-hybridized carbons (Fsp3) is 0.250. The molecule has 4 amide bonds. The summed E-state index contributed by atoms with van der Waals surface area (Å²) in [6.07, 6.45) is 0. The molecule has 0 bridgehead atoms. The minimum Gasteiger partial charge on any atom is -0.340 e. The summed E-state index contributed by atoms with van der Waals surface area (Å²) in [7, 11) is 1.66. The van der Waals surface area contributed by atoms with Gasteiger partial charge in [0.05, 0.1) is 0 Å². The number of hydrogen-bond acceptors (Lipinski definition) is 3. The lowest BCUT2D eigenvalue weighted by atomic mass is 9.92. The lowest BCUT2D eigenvalue weighted by molar-refractivity contribution is -0.138. The van der Waals surface area contributed by atoms with E-state index in [4.69, 9.17) is 0 Å². The minimum absolute atomic E-state index is 0.281. The van der Waals surface area contributed by atoms with E-state index in [-0.39, 0.29) is 12.5 Å². The number of benzene rings is 2. The number of amides is 4. The van der Waals surface area contributed by atoms with Crippen molar-refractivity contribution in [3.8, 4) is 0 Å². The van der Waals surface area contributed by atoms with Crippen LogP contribution in [0.4, 0.5) is 4.79 Å². The van der Waals surface area contributed by atoms with E-state index in [2.05, 4.69) is 5.32 Å². The number of rotatable bonds is 5. The molecule has 1 saturated heterocycles. The van der Waals surface area contributed by atoms with E-state index in [0.29, 0.717) is 12.1 Å². The molecule has 1 aliphatic heterocycles. The molecule has 6 nitrogen and oxygen atoms in total. The Bertz CT molecular complexity index is 823. The van der Waals surface area contributed by atoms with Gasteiger partial charge in [0.25, 0.3) is 5.91 Å². The molecule has 1 aliphatic rings. The van der Waals surface area contributed by atoms with E-state index in [0.717, 1.165) is 10.5 Å². The standard InChI is InChI=1S/C20H21N3O3/c1-20(16-11-7-4-8-12-16)18(25)23(19(26)21-20)14-17(24)22(2)13-15-9-5-3-6-10-15/h3-12H,13-14H2,1-2H3,(H,21,26). The van der Waals surface area contributed by atoms with Gasteiger partial charge in [0, 0.05) is 13.6 Å². The highest BCUT2D eigenvalue weighted by molar-refractivity contribution is 6.09. The first-order valence-corrected chi connectivity index (χ1v) is 8.39. The third-order valence-electron chi connectivity index (χ3n) is 4.61. The van der Waals surface area contributed by atoms with Crippen molar-refractivity contribution in [2.75, 3.05) is 13.6 Å². The zero-order chi connectivity index (χ0) is 18.7. The molecule has 2 aromatic rings. The molecule has 0 aliphatic carbocycles. The van der Waals surface area contributed by atoms with Gasteiger partial charge in [0.1, 0.15) is 12.1 Å². The summed E-state index contributed by atoms with van der Waals surface area (Å²) in [6, 6.07) is 18.0. The number of likely N-dealkylation sites (N-methyl/N-ethyl adjacent to an activating group) is 1. The van der Waals surface area contributed by atoms with Crippen LogP contribution in [-0.2, 0) is 21.7 Å². The number of nitrogens with zero attached hydrogens (tertiary/aromatic N) is 2. The Morgan fingerprint density at radius 3 is 2.23 bits per heavy atom. The minimum atomic E-state index is -1.16. The molecule has 3 rings (SSSR count). The van der Waals surface area contributed by atoms with Crippen LogP contribution in [0.25, 0.3) is 0 Å². The summed E-state index contributed by atoms with van der Waals surface area (Å²) >= 11 is 0. The largest absolute Gasteiger partial charge is 0.340 e. The van der Waals surface area contributed by atoms with E-state index in [1.807, 2.05) is 48.5 Å². The highest BCUT2D eigenvalue weighted by Crippen LogP contribution is 2.28. The molecule has 1 heterocycles. The Balaban J connectivity index is 1.71. The van der Waals surface area contributed by atoms with Crippen molar-refractivity contribution in [3.05, 3.63) is 71.8 Å². The van der Waals surface area contributed by atoms with Gasteiger partial charge in [0.15, 0.2) is 0 Å². The highest BCUT2D eigenvalue weighted by Gasteiger charge is 2.49. The molecule has 1 fully saturated rings. The number of imide groups is 1. The second-order valence-electron chi connectivity index (χ2n) is 6.55. The Kier molecular flexibility index (Phi) is 4.75. The maximum atomic E-state index is 12.8. The third kappa shape index (κ3) is 3.31. The molecule has 0 saturated carbocycles. The Morgan fingerprint density at radius 1 is 1.04 bits per heavy atom. The summed E-state index contributed by atoms with van der Waals surface area (Å²) in [5, 5.41) is 2.71. The topological polar surface area (TPSA) is 69.7 Å². The van der Waals surface area contributed by atoms with E-state index in [1.165, 1.54) is 4.90 Å². The van der Waals surface area contributed by atoms with Gasteiger partial charge in [-0.15, -0.1) is 0 Å². The summed E-state index contributed by atoms with van der Waals surface area (Å²) in [5.41, 5.74) is 0.511. The van der Waals surface area contributed by atoms with Crippen molar-refractivity contribution in [2.24, 2.45) is 0 Å². The molecular weight excluding hydrogens is 330 g/mol. The second-order valence-corrected chi connectivity index (χ2v) is 6.55. The van der Waals surface area contributed by atoms with E-state index in [9.17, 15) is 14.4 Å². The van der Waals surface area contributed by atoms with Crippen LogP contribution in [0.5, 0.6) is 0 Å². The first-order chi connectivity index (χ1) is 12.4. The third-order valence-corrected chi connectivity index (χ3v) is 4.61. The molecule has 1 unspecified atom stereocenters. The van der Waals surface area contributed by atoms with Crippen LogP contribution in [-0.4, -0.2) is 41.2 Å². The molecule has 134 valence electrons. The zero-order valence-corrected chi connectivity index (χ0v) is 14.8. The SMILES string of the molecule is CN(Cc1ccccc1)C(=O)CN1C(=O)NC(C)(c2ccccc2)C1=O. The predicted octanol–water partition coefficient (Wildman–Crippen LogP) is 2.11. The van der Waals surface area contributed by atoms with Crippen LogP contribution in [0.15, 0.2) is 60.7 Å². The molecule has 0 spiro atoms. The molecule has 2 aromatic carbocycles. The molecule has 1 N–H and O–H groups in total. The van der Waals surface area contributed by atoms with Crippen molar-refractivity contribution < 1.29 is 14.4 Å².